The van der Waals surface area contributed by atoms with Crippen LogP contribution in [0.3, 0.4) is 0 Å². The number of aliphatic carboxylic acids is 1. The van der Waals surface area contributed by atoms with Crippen LogP contribution in [0.1, 0.15) is 30.1 Å². The minimum Gasteiger partial charge on any atom is -0.480 e. The minimum atomic E-state index is -1.02. The third kappa shape index (κ3) is 3.81. The van der Waals surface area contributed by atoms with Gasteiger partial charge in [-0.1, -0.05) is 13.3 Å². The van der Waals surface area contributed by atoms with Crippen molar-refractivity contribution in [3.8, 4) is 0 Å². The normalized spacial score (nSPS) is 11.9. The van der Waals surface area contributed by atoms with Crippen LogP contribution >= 0.6 is 15.9 Å². The van der Waals surface area contributed by atoms with Gasteiger partial charge in [0.2, 0.25) is 0 Å². The molecule has 0 aliphatic carbocycles. The van der Waals surface area contributed by atoms with E-state index in [0.29, 0.717) is 22.9 Å². The summed E-state index contributed by atoms with van der Waals surface area (Å²) in [6, 6.07) is 0.678. The minimum absolute atomic E-state index is 0.377. The largest absolute Gasteiger partial charge is 0.480 e. The molecule has 0 aliphatic rings. The van der Waals surface area contributed by atoms with Crippen LogP contribution < -0.4 is 5.32 Å². The van der Waals surface area contributed by atoms with E-state index in [1.54, 1.807) is 0 Å². The van der Waals surface area contributed by atoms with E-state index in [1.807, 2.05) is 6.92 Å². The van der Waals surface area contributed by atoms with E-state index >= 15 is 0 Å². The van der Waals surface area contributed by atoms with Crippen molar-refractivity contribution in [3.05, 3.63) is 28.5 Å². The summed E-state index contributed by atoms with van der Waals surface area (Å²) >= 11 is 3.19. The molecule has 1 aromatic rings. The van der Waals surface area contributed by atoms with Crippen LogP contribution in [0.5, 0.6) is 0 Å². The second-order valence-electron chi connectivity index (χ2n) is 3.51. The number of aromatic nitrogens is 1. The average molecular weight is 301 g/mol. The third-order valence-electron chi connectivity index (χ3n) is 2.20. The van der Waals surface area contributed by atoms with E-state index in [9.17, 15) is 9.59 Å². The highest BCUT2D eigenvalue weighted by molar-refractivity contribution is 9.10. The van der Waals surface area contributed by atoms with Gasteiger partial charge in [0.05, 0.1) is 5.56 Å². The number of amides is 1. The van der Waals surface area contributed by atoms with Crippen LogP contribution in [0, 0.1) is 0 Å². The Morgan fingerprint density at radius 2 is 2.29 bits per heavy atom. The quantitative estimate of drug-likeness (QED) is 0.869. The van der Waals surface area contributed by atoms with Crippen LogP contribution in [0.25, 0.3) is 0 Å². The fraction of sp³-hybridized carbons (Fsp3) is 0.364. The summed E-state index contributed by atoms with van der Waals surface area (Å²) in [5.41, 5.74) is 0.377. The Bertz CT molecular complexity index is 423. The molecule has 5 nitrogen and oxygen atoms in total. The van der Waals surface area contributed by atoms with Crippen LogP contribution in [0.15, 0.2) is 22.9 Å². The second kappa shape index (κ2) is 6.34. The summed E-state index contributed by atoms with van der Waals surface area (Å²) < 4.78 is 0.540. The van der Waals surface area contributed by atoms with Gasteiger partial charge in [0.25, 0.3) is 5.91 Å². The van der Waals surface area contributed by atoms with Crippen molar-refractivity contribution in [3.63, 3.8) is 0 Å². The zero-order chi connectivity index (χ0) is 12.8. The van der Waals surface area contributed by atoms with Crippen LogP contribution in [0.4, 0.5) is 0 Å². The maximum atomic E-state index is 11.8. The molecule has 1 amide bonds. The molecule has 0 radical (unpaired) electrons. The number of pyridine rings is 1. The first-order valence-electron chi connectivity index (χ1n) is 5.19. The first kappa shape index (κ1) is 13.6. The summed E-state index contributed by atoms with van der Waals surface area (Å²) in [6.45, 7) is 1.87. The van der Waals surface area contributed by atoms with Gasteiger partial charge in [0.1, 0.15) is 6.04 Å². The number of rotatable bonds is 5. The summed E-state index contributed by atoms with van der Waals surface area (Å²) in [6.07, 6.45) is 4.07. The Morgan fingerprint density at radius 3 is 2.82 bits per heavy atom. The van der Waals surface area contributed by atoms with Gasteiger partial charge >= 0.3 is 5.97 Å². The molecule has 0 aromatic carbocycles. The molecule has 0 aliphatic heterocycles. The van der Waals surface area contributed by atoms with Crippen LogP contribution in [-0.4, -0.2) is 28.0 Å². The summed E-state index contributed by atoms with van der Waals surface area (Å²) in [7, 11) is 0. The van der Waals surface area contributed by atoms with Crippen molar-refractivity contribution in [1.82, 2.24) is 10.3 Å². The molecule has 2 N–H and O–H groups in total. The van der Waals surface area contributed by atoms with Crippen molar-refractivity contribution < 1.29 is 14.7 Å². The molecular weight excluding hydrogens is 288 g/mol. The Balaban J connectivity index is 2.77. The average Bonchev–Trinajstić information content (AvgIpc) is 2.28. The zero-order valence-corrected chi connectivity index (χ0v) is 10.9. The fourth-order valence-corrected chi connectivity index (χ4v) is 1.77. The molecule has 0 bridgehead atoms. The molecule has 0 fully saturated rings. The standard InChI is InChI=1S/C11H13BrN2O3/c1-2-3-9(11(16)17)14-10(15)7-4-5-13-6-8(7)12/h4-6,9H,2-3H2,1H3,(H,14,15)(H,16,17). The lowest BCUT2D eigenvalue weighted by molar-refractivity contribution is -0.139. The van der Waals surface area contributed by atoms with Crippen molar-refractivity contribution >= 4 is 27.8 Å². The Kier molecular flexibility index (Phi) is 5.09. The topological polar surface area (TPSA) is 79.3 Å². The summed E-state index contributed by atoms with van der Waals surface area (Å²) in [4.78, 5) is 26.6. The number of carboxylic acid groups (broad SMARTS) is 1. The van der Waals surface area contributed by atoms with Gasteiger partial charge < -0.3 is 10.4 Å². The van der Waals surface area contributed by atoms with E-state index < -0.39 is 17.9 Å². The number of nitrogens with one attached hydrogen (secondary N) is 1. The molecule has 1 unspecified atom stereocenters. The number of hydrogen-bond acceptors (Lipinski definition) is 3. The van der Waals surface area contributed by atoms with Crippen LogP contribution in [-0.2, 0) is 4.79 Å². The number of nitrogens with zero attached hydrogens (tertiary/aromatic N) is 1. The molecule has 0 saturated heterocycles. The molecule has 1 aromatic heterocycles. The summed E-state index contributed by atoms with van der Waals surface area (Å²) in [5.74, 6) is -1.44. The fourth-order valence-electron chi connectivity index (χ4n) is 1.34. The molecule has 0 saturated carbocycles. The first-order chi connectivity index (χ1) is 8.06. The highest BCUT2D eigenvalue weighted by Crippen LogP contribution is 2.14. The van der Waals surface area contributed by atoms with Gasteiger partial charge in [-0.05, 0) is 28.4 Å². The molecule has 17 heavy (non-hydrogen) atoms. The third-order valence-corrected chi connectivity index (χ3v) is 2.83. The van der Waals surface area contributed by atoms with E-state index in [4.69, 9.17) is 5.11 Å². The van der Waals surface area contributed by atoms with Crippen molar-refractivity contribution in [2.45, 2.75) is 25.8 Å². The van der Waals surface area contributed by atoms with Gasteiger partial charge in [-0.2, -0.15) is 0 Å². The van der Waals surface area contributed by atoms with Crippen molar-refractivity contribution in [2.75, 3.05) is 0 Å². The smallest absolute Gasteiger partial charge is 0.326 e. The van der Waals surface area contributed by atoms with Gasteiger partial charge in [0, 0.05) is 16.9 Å². The first-order valence-corrected chi connectivity index (χ1v) is 5.98. The molecule has 1 rings (SSSR count). The second-order valence-corrected chi connectivity index (χ2v) is 4.36. The molecular formula is C11H13BrN2O3. The van der Waals surface area contributed by atoms with Gasteiger partial charge in [-0.3, -0.25) is 9.78 Å². The van der Waals surface area contributed by atoms with E-state index in [0.717, 1.165) is 0 Å². The lowest BCUT2D eigenvalue weighted by atomic mass is 10.1. The number of carbonyl (C=O) groups excluding carboxylic acids is 1. The Hall–Kier alpha value is -1.43. The van der Waals surface area contributed by atoms with E-state index in [-0.39, 0.29) is 0 Å². The van der Waals surface area contributed by atoms with Crippen LogP contribution in [0.2, 0.25) is 0 Å². The number of halogens is 1. The predicted molar refractivity (Wildman–Crippen MR) is 65.7 cm³/mol. The van der Waals surface area contributed by atoms with Crippen molar-refractivity contribution in [1.29, 1.82) is 0 Å². The maximum Gasteiger partial charge on any atom is 0.326 e. The van der Waals surface area contributed by atoms with Gasteiger partial charge in [-0.15, -0.1) is 0 Å². The van der Waals surface area contributed by atoms with E-state index in [1.165, 1.54) is 18.5 Å². The van der Waals surface area contributed by atoms with E-state index in [2.05, 4.69) is 26.2 Å². The van der Waals surface area contributed by atoms with Gasteiger partial charge in [-0.25, -0.2) is 4.79 Å². The van der Waals surface area contributed by atoms with Crippen molar-refractivity contribution in [2.24, 2.45) is 0 Å². The lowest BCUT2D eigenvalue weighted by Crippen LogP contribution is -2.40. The molecule has 1 heterocycles. The van der Waals surface area contributed by atoms with Gasteiger partial charge in [0.15, 0.2) is 0 Å². The molecule has 92 valence electrons. The SMILES string of the molecule is CCCC(NC(=O)c1ccncc1Br)C(=O)O. The predicted octanol–water partition coefficient (Wildman–Crippen LogP) is 1.83. The maximum absolute atomic E-state index is 11.8. The number of carbonyl (C=O) groups is 2. The number of hydrogen-bond donors (Lipinski definition) is 2. The lowest BCUT2D eigenvalue weighted by Gasteiger charge is -2.13. The molecule has 1 atom stereocenters. The summed E-state index contributed by atoms with van der Waals surface area (Å²) in [5, 5.41) is 11.4. The number of carboxylic acids is 1. The molecule has 0 spiro atoms. The Labute approximate surface area is 107 Å². The Morgan fingerprint density at radius 1 is 1.59 bits per heavy atom. The highest BCUT2D eigenvalue weighted by Gasteiger charge is 2.20. The monoisotopic (exact) mass is 300 g/mol. The highest BCUT2D eigenvalue weighted by atomic mass is 79.9. The zero-order valence-electron chi connectivity index (χ0n) is 9.31. The molecule has 6 heteroatoms.